The van der Waals surface area contributed by atoms with E-state index in [2.05, 4.69) is 0 Å². The predicted molar refractivity (Wildman–Crippen MR) is 64.8 cm³/mol. The average Bonchev–Trinajstić information content (AvgIpc) is 2.36. The topological polar surface area (TPSA) is 67.8 Å². The lowest BCUT2D eigenvalue weighted by Crippen LogP contribution is -1.81. The Morgan fingerprint density at radius 3 is 2.35 bits per heavy atom. The maximum absolute atomic E-state index is 9.82. The third kappa shape index (κ3) is 1.95. The summed E-state index contributed by atoms with van der Waals surface area (Å²) in [5.74, 6) is 0.143. The second-order valence-electron chi connectivity index (χ2n) is 3.50. The van der Waals surface area contributed by atoms with Crippen LogP contribution in [-0.2, 0) is 0 Å². The maximum Gasteiger partial charge on any atom is 0.130 e. The Balaban J connectivity index is 2.77. The van der Waals surface area contributed by atoms with Crippen molar-refractivity contribution in [3.05, 3.63) is 47.5 Å². The molecular weight excluding hydrogens is 212 g/mol. The monoisotopic (exact) mass is 220 g/mol. The molecule has 0 aliphatic rings. The van der Waals surface area contributed by atoms with E-state index in [-0.39, 0.29) is 11.3 Å². The highest BCUT2D eigenvalue weighted by Crippen LogP contribution is 2.29. The predicted octanol–water partition coefficient (Wildman–Crippen LogP) is 2.98. The summed E-state index contributed by atoms with van der Waals surface area (Å²) in [6.07, 6.45) is 1.47. The number of allylic oxidation sites excluding steroid dienone is 1. The summed E-state index contributed by atoms with van der Waals surface area (Å²) in [7, 11) is 0. The minimum absolute atomic E-state index is 0.0146. The van der Waals surface area contributed by atoms with Crippen molar-refractivity contribution in [2.75, 3.05) is 0 Å². The molecule has 0 heterocycles. The molecule has 2 aromatic carbocycles. The normalized spacial score (nSPS) is 9.29. The van der Waals surface area contributed by atoms with Crippen molar-refractivity contribution in [1.82, 2.24) is 0 Å². The first-order chi connectivity index (χ1) is 8.26. The van der Waals surface area contributed by atoms with E-state index in [0.29, 0.717) is 10.9 Å². The van der Waals surface area contributed by atoms with Gasteiger partial charge in [-0.15, -0.1) is 0 Å². The van der Waals surface area contributed by atoms with Crippen LogP contribution in [0.15, 0.2) is 42.0 Å². The van der Waals surface area contributed by atoms with Crippen molar-refractivity contribution in [2.24, 2.45) is 0 Å². The lowest BCUT2D eigenvalue weighted by Gasteiger charge is -2.04. The van der Waals surface area contributed by atoms with Crippen LogP contribution >= 0.6 is 0 Å². The van der Waals surface area contributed by atoms with Gasteiger partial charge in [0.2, 0.25) is 0 Å². The van der Waals surface area contributed by atoms with Crippen molar-refractivity contribution in [3.8, 4) is 17.9 Å². The minimum Gasteiger partial charge on any atom is -0.507 e. The molecule has 2 aromatic rings. The second kappa shape index (κ2) is 4.38. The SMILES string of the molecule is N#CC(C#N)=Cc1cccc2cccc(O)c12. The van der Waals surface area contributed by atoms with Gasteiger partial charge in [0.05, 0.1) is 0 Å². The largest absolute Gasteiger partial charge is 0.507 e. The molecule has 17 heavy (non-hydrogen) atoms. The summed E-state index contributed by atoms with van der Waals surface area (Å²) in [6, 6.07) is 14.2. The summed E-state index contributed by atoms with van der Waals surface area (Å²) in [5.41, 5.74) is 0.680. The number of hydrogen-bond acceptors (Lipinski definition) is 3. The molecule has 0 aliphatic heterocycles. The molecule has 0 saturated carbocycles. The van der Waals surface area contributed by atoms with Gasteiger partial charge in [0.15, 0.2) is 0 Å². The number of phenols is 1. The van der Waals surface area contributed by atoms with Gasteiger partial charge in [0, 0.05) is 5.39 Å². The molecule has 0 amide bonds. The van der Waals surface area contributed by atoms with Crippen molar-refractivity contribution >= 4 is 16.8 Å². The maximum atomic E-state index is 9.82. The molecule has 0 aliphatic carbocycles. The van der Waals surface area contributed by atoms with E-state index < -0.39 is 0 Å². The standard InChI is InChI=1S/C14H8N2O/c15-8-10(9-16)7-12-5-1-3-11-4-2-6-13(17)14(11)12/h1-7,17H. The Hall–Kier alpha value is -2.78. The van der Waals surface area contributed by atoms with E-state index >= 15 is 0 Å². The van der Waals surface area contributed by atoms with Crippen LogP contribution in [0.4, 0.5) is 0 Å². The van der Waals surface area contributed by atoms with Crippen molar-refractivity contribution < 1.29 is 5.11 Å². The van der Waals surface area contributed by atoms with Gasteiger partial charge in [-0.3, -0.25) is 0 Å². The Morgan fingerprint density at radius 1 is 1.06 bits per heavy atom. The number of fused-ring (bicyclic) bond motifs is 1. The van der Waals surface area contributed by atoms with Crippen molar-refractivity contribution in [1.29, 1.82) is 10.5 Å². The van der Waals surface area contributed by atoms with Gasteiger partial charge >= 0.3 is 0 Å². The van der Waals surface area contributed by atoms with Crippen LogP contribution < -0.4 is 0 Å². The molecule has 1 N–H and O–H groups in total. The molecule has 0 unspecified atom stereocenters. The van der Waals surface area contributed by atoms with Crippen LogP contribution in [0.1, 0.15) is 5.56 Å². The number of rotatable bonds is 1. The number of nitriles is 2. The highest BCUT2D eigenvalue weighted by atomic mass is 16.3. The first-order valence-corrected chi connectivity index (χ1v) is 4.99. The fraction of sp³-hybridized carbons (Fsp3) is 0. The third-order valence-corrected chi connectivity index (χ3v) is 2.46. The molecule has 0 fully saturated rings. The zero-order valence-electron chi connectivity index (χ0n) is 8.88. The van der Waals surface area contributed by atoms with Crippen LogP contribution in [0.3, 0.4) is 0 Å². The lowest BCUT2D eigenvalue weighted by atomic mass is 10.0. The molecule has 0 saturated heterocycles. The zero-order chi connectivity index (χ0) is 12.3. The molecule has 0 spiro atoms. The van der Waals surface area contributed by atoms with Crippen LogP contribution in [0.2, 0.25) is 0 Å². The van der Waals surface area contributed by atoms with Gasteiger partial charge in [0.1, 0.15) is 23.5 Å². The minimum atomic E-state index is 0.0146. The summed E-state index contributed by atoms with van der Waals surface area (Å²) in [6.45, 7) is 0. The molecule has 0 aromatic heterocycles. The second-order valence-corrected chi connectivity index (χ2v) is 3.50. The molecule has 3 heteroatoms. The highest BCUT2D eigenvalue weighted by Gasteiger charge is 2.04. The van der Waals surface area contributed by atoms with Crippen LogP contribution in [-0.4, -0.2) is 5.11 Å². The highest BCUT2D eigenvalue weighted by molar-refractivity contribution is 5.96. The smallest absolute Gasteiger partial charge is 0.130 e. The van der Waals surface area contributed by atoms with Crippen molar-refractivity contribution in [3.63, 3.8) is 0 Å². The van der Waals surface area contributed by atoms with Gasteiger partial charge in [-0.2, -0.15) is 10.5 Å². The number of aromatic hydroxyl groups is 1. The number of phenolic OH excluding ortho intramolecular Hbond substituents is 1. The Morgan fingerprint density at radius 2 is 1.71 bits per heavy atom. The fourth-order valence-electron chi connectivity index (χ4n) is 1.72. The molecule has 0 radical (unpaired) electrons. The van der Waals surface area contributed by atoms with Gasteiger partial charge in [0.25, 0.3) is 0 Å². The van der Waals surface area contributed by atoms with E-state index in [1.807, 2.05) is 18.2 Å². The van der Waals surface area contributed by atoms with Gasteiger partial charge < -0.3 is 5.11 Å². The molecule has 0 atom stereocenters. The Labute approximate surface area is 98.5 Å². The Kier molecular flexibility index (Phi) is 2.77. The first kappa shape index (κ1) is 10.7. The summed E-state index contributed by atoms with van der Waals surface area (Å²) < 4.78 is 0. The van der Waals surface area contributed by atoms with Crippen LogP contribution in [0.5, 0.6) is 5.75 Å². The fourth-order valence-corrected chi connectivity index (χ4v) is 1.72. The number of benzene rings is 2. The number of nitrogens with zero attached hydrogens (tertiary/aromatic N) is 2. The van der Waals surface area contributed by atoms with Gasteiger partial charge in [-0.25, -0.2) is 0 Å². The summed E-state index contributed by atoms with van der Waals surface area (Å²) in [5, 5.41) is 28.8. The molecule has 80 valence electrons. The van der Waals surface area contributed by atoms with Gasteiger partial charge in [-0.1, -0.05) is 30.3 Å². The lowest BCUT2D eigenvalue weighted by molar-refractivity contribution is 0.481. The van der Waals surface area contributed by atoms with Crippen LogP contribution in [0, 0.1) is 22.7 Å². The third-order valence-electron chi connectivity index (χ3n) is 2.46. The zero-order valence-corrected chi connectivity index (χ0v) is 8.88. The van der Waals surface area contributed by atoms with E-state index in [4.69, 9.17) is 10.5 Å². The van der Waals surface area contributed by atoms with E-state index in [9.17, 15) is 5.11 Å². The van der Waals surface area contributed by atoms with E-state index in [1.54, 1.807) is 30.3 Å². The van der Waals surface area contributed by atoms with Crippen LogP contribution in [0.25, 0.3) is 16.8 Å². The van der Waals surface area contributed by atoms with Gasteiger partial charge in [-0.05, 0) is 23.1 Å². The van der Waals surface area contributed by atoms with E-state index in [1.165, 1.54) is 6.08 Å². The molecular formula is C14H8N2O. The summed E-state index contributed by atoms with van der Waals surface area (Å²) >= 11 is 0. The first-order valence-electron chi connectivity index (χ1n) is 4.99. The molecule has 3 nitrogen and oxygen atoms in total. The van der Waals surface area contributed by atoms with E-state index in [0.717, 1.165) is 5.39 Å². The molecule has 2 rings (SSSR count). The molecule has 0 bridgehead atoms. The average molecular weight is 220 g/mol. The Bertz CT molecular complexity index is 666. The number of hydrogen-bond donors (Lipinski definition) is 1. The quantitative estimate of drug-likeness (QED) is 0.751. The van der Waals surface area contributed by atoms with Crippen molar-refractivity contribution in [2.45, 2.75) is 0 Å². The summed E-state index contributed by atoms with van der Waals surface area (Å²) in [4.78, 5) is 0.